The van der Waals surface area contributed by atoms with Crippen molar-refractivity contribution in [3.05, 3.63) is 70.8 Å². The number of rotatable bonds is 11. The first-order chi connectivity index (χ1) is 17.1. The molecule has 2 unspecified atom stereocenters. The van der Waals surface area contributed by atoms with Crippen LogP contribution < -0.4 is 10.6 Å². The number of aliphatic hydroxyl groups excluding tert-OH is 1. The second-order valence-corrected chi connectivity index (χ2v) is 9.02. The summed E-state index contributed by atoms with van der Waals surface area (Å²) in [6, 6.07) is 10.2. The Labute approximate surface area is 209 Å². The number of piperazine rings is 1. The first-order valence-corrected chi connectivity index (χ1v) is 11.9. The summed E-state index contributed by atoms with van der Waals surface area (Å²) in [5, 5.41) is 16.7. The molecule has 2 aromatic rings. The Morgan fingerprint density at radius 3 is 2.31 bits per heavy atom. The van der Waals surface area contributed by atoms with Crippen molar-refractivity contribution >= 4 is 17.7 Å². The molecule has 1 aliphatic heterocycles. The van der Waals surface area contributed by atoms with E-state index in [1.54, 1.807) is 0 Å². The highest BCUT2D eigenvalue weighted by Crippen LogP contribution is 2.13. The number of hydrogen-bond donors (Lipinski definition) is 3. The Balaban J connectivity index is 1.64. The molecule has 3 amide bonds. The van der Waals surface area contributed by atoms with Crippen molar-refractivity contribution in [1.29, 1.82) is 0 Å². The van der Waals surface area contributed by atoms with Gasteiger partial charge in [-0.25, -0.2) is 8.78 Å². The molecule has 1 heterocycles. The molecule has 3 rings (SSSR count). The number of hydrogen-bond acceptors (Lipinski definition) is 6. The molecule has 1 saturated heterocycles. The van der Waals surface area contributed by atoms with E-state index in [9.17, 15) is 28.3 Å². The molecule has 36 heavy (non-hydrogen) atoms. The summed E-state index contributed by atoms with van der Waals surface area (Å²) in [7, 11) is 1.39. The molecule has 0 aliphatic carbocycles. The van der Waals surface area contributed by atoms with Gasteiger partial charge in [-0.2, -0.15) is 0 Å². The van der Waals surface area contributed by atoms with Crippen molar-refractivity contribution in [3.8, 4) is 0 Å². The van der Waals surface area contributed by atoms with Crippen LogP contribution in [0.3, 0.4) is 0 Å². The first-order valence-electron chi connectivity index (χ1n) is 11.9. The number of imide groups is 1. The maximum Gasteiger partial charge on any atom is 0.243 e. The summed E-state index contributed by atoms with van der Waals surface area (Å²) >= 11 is 0. The fourth-order valence-electron chi connectivity index (χ4n) is 4.09. The van der Waals surface area contributed by atoms with E-state index in [4.69, 9.17) is 0 Å². The van der Waals surface area contributed by atoms with Gasteiger partial charge in [0.15, 0.2) is 0 Å². The molecular formula is C26H32F2N4O4. The molecule has 0 bridgehead atoms. The standard InChI is InChI=1S/C26H32F2N4O4/c1-3-17-5-4-6-18(7-17)12-29-13-23(33)22(10-19-8-20(27)11-21(28)9-19)30-24(34)14-32-15-25(35)31(2)26(36)16-32/h4-9,11,22-23,29,33H,3,10,12-16H2,1-2H3,(H,30,34). The maximum atomic E-state index is 13.7. The lowest BCUT2D eigenvalue weighted by molar-refractivity contribution is -0.149. The minimum absolute atomic E-state index is 0.0187. The van der Waals surface area contributed by atoms with Gasteiger partial charge in [-0.3, -0.25) is 24.2 Å². The summed E-state index contributed by atoms with van der Waals surface area (Å²) in [6.07, 6.45) is -0.195. The van der Waals surface area contributed by atoms with Crippen molar-refractivity contribution < 1.29 is 28.3 Å². The van der Waals surface area contributed by atoms with E-state index in [-0.39, 0.29) is 38.2 Å². The molecular weight excluding hydrogens is 470 g/mol. The third-order valence-corrected chi connectivity index (χ3v) is 6.10. The highest BCUT2D eigenvalue weighted by molar-refractivity contribution is 5.99. The van der Waals surface area contributed by atoms with Crippen LogP contribution >= 0.6 is 0 Å². The van der Waals surface area contributed by atoms with Gasteiger partial charge in [-0.05, 0) is 41.7 Å². The number of likely N-dealkylation sites (N-methyl/N-ethyl adjacent to an activating group) is 1. The number of benzene rings is 2. The average molecular weight is 503 g/mol. The van der Waals surface area contributed by atoms with Crippen molar-refractivity contribution in [2.45, 2.75) is 38.5 Å². The van der Waals surface area contributed by atoms with Crippen LogP contribution in [-0.2, 0) is 33.8 Å². The topological polar surface area (TPSA) is 102 Å². The van der Waals surface area contributed by atoms with Gasteiger partial charge >= 0.3 is 0 Å². The number of carbonyl (C=O) groups excluding carboxylic acids is 3. The minimum Gasteiger partial charge on any atom is -0.390 e. The molecule has 0 saturated carbocycles. The Morgan fingerprint density at radius 1 is 1.03 bits per heavy atom. The van der Waals surface area contributed by atoms with Crippen LogP contribution in [0, 0.1) is 11.6 Å². The second-order valence-electron chi connectivity index (χ2n) is 9.02. The predicted molar refractivity (Wildman–Crippen MR) is 130 cm³/mol. The molecule has 0 spiro atoms. The molecule has 8 nitrogen and oxygen atoms in total. The zero-order valence-electron chi connectivity index (χ0n) is 20.5. The quantitative estimate of drug-likeness (QED) is 0.397. The van der Waals surface area contributed by atoms with Gasteiger partial charge in [0.25, 0.3) is 0 Å². The normalized spacial score (nSPS) is 16.2. The third-order valence-electron chi connectivity index (χ3n) is 6.10. The largest absolute Gasteiger partial charge is 0.390 e. The molecule has 2 atom stereocenters. The lowest BCUT2D eigenvalue weighted by Gasteiger charge is -2.31. The van der Waals surface area contributed by atoms with Crippen LogP contribution in [0.1, 0.15) is 23.6 Å². The van der Waals surface area contributed by atoms with Crippen LogP contribution in [0.15, 0.2) is 42.5 Å². The van der Waals surface area contributed by atoms with E-state index in [1.165, 1.54) is 17.5 Å². The number of aliphatic hydroxyl groups is 1. The third kappa shape index (κ3) is 7.91. The number of nitrogens with zero attached hydrogens (tertiary/aromatic N) is 2. The van der Waals surface area contributed by atoms with Gasteiger partial charge in [-0.15, -0.1) is 0 Å². The molecule has 2 aromatic carbocycles. The smallest absolute Gasteiger partial charge is 0.243 e. The zero-order chi connectivity index (χ0) is 26.2. The fraction of sp³-hybridized carbons (Fsp3) is 0.423. The molecule has 1 aliphatic rings. The number of aryl methyl sites for hydroxylation is 1. The van der Waals surface area contributed by atoms with Crippen LogP contribution in [0.4, 0.5) is 8.78 Å². The fourth-order valence-corrected chi connectivity index (χ4v) is 4.09. The number of carbonyl (C=O) groups is 3. The van der Waals surface area contributed by atoms with Gasteiger partial charge in [0, 0.05) is 26.2 Å². The van der Waals surface area contributed by atoms with Crippen LogP contribution in [0.2, 0.25) is 0 Å². The van der Waals surface area contributed by atoms with Gasteiger partial charge in [0.2, 0.25) is 17.7 Å². The van der Waals surface area contributed by atoms with Gasteiger partial charge in [-0.1, -0.05) is 31.2 Å². The number of amides is 3. The van der Waals surface area contributed by atoms with Crippen LogP contribution in [0.5, 0.6) is 0 Å². The first kappa shape index (κ1) is 27.4. The van der Waals surface area contributed by atoms with E-state index >= 15 is 0 Å². The van der Waals surface area contributed by atoms with E-state index < -0.39 is 41.5 Å². The Bertz CT molecular complexity index is 1060. The van der Waals surface area contributed by atoms with Gasteiger partial charge < -0.3 is 15.7 Å². The Hall–Kier alpha value is -3.21. The second kappa shape index (κ2) is 12.7. The Kier molecular flexibility index (Phi) is 9.63. The summed E-state index contributed by atoms with van der Waals surface area (Å²) in [6.45, 7) is 2.26. The highest BCUT2D eigenvalue weighted by atomic mass is 19.1. The van der Waals surface area contributed by atoms with Gasteiger partial charge in [0.1, 0.15) is 11.6 Å². The van der Waals surface area contributed by atoms with Crippen LogP contribution in [0.25, 0.3) is 0 Å². The summed E-state index contributed by atoms with van der Waals surface area (Å²) in [4.78, 5) is 39.0. The van der Waals surface area contributed by atoms with Crippen molar-refractivity contribution in [3.63, 3.8) is 0 Å². The lowest BCUT2D eigenvalue weighted by atomic mass is 10.0. The molecule has 0 radical (unpaired) electrons. The van der Waals surface area contributed by atoms with Crippen molar-refractivity contribution in [1.82, 2.24) is 20.4 Å². The molecule has 1 fully saturated rings. The summed E-state index contributed by atoms with van der Waals surface area (Å²) < 4.78 is 27.5. The minimum atomic E-state index is -1.08. The van der Waals surface area contributed by atoms with Gasteiger partial charge in [0.05, 0.1) is 31.8 Å². The number of halogens is 2. The summed E-state index contributed by atoms with van der Waals surface area (Å²) in [5.74, 6) is -2.86. The SMILES string of the molecule is CCc1cccc(CNCC(O)C(Cc2cc(F)cc(F)c2)NC(=O)CN2CC(=O)N(C)C(=O)C2)c1. The van der Waals surface area contributed by atoms with E-state index in [2.05, 4.69) is 23.6 Å². The predicted octanol–water partition coefficient (Wildman–Crippen LogP) is 1.01. The maximum absolute atomic E-state index is 13.7. The van der Waals surface area contributed by atoms with Crippen LogP contribution in [-0.4, -0.2) is 78.0 Å². The van der Waals surface area contributed by atoms with Crippen molar-refractivity contribution in [2.24, 2.45) is 0 Å². The lowest BCUT2D eigenvalue weighted by Crippen LogP contribution is -2.56. The zero-order valence-corrected chi connectivity index (χ0v) is 20.5. The van der Waals surface area contributed by atoms with E-state index in [0.29, 0.717) is 6.54 Å². The molecule has 194 valence electrons. The van der Waals surface area contributed by atoms with E-state index in [0.717, 1.165) is 35.1 Å². The highest BCUT2D eigenvalue weighted by Gasteiger charge is 2.30. The molecule has 0 aromatic heterocycles. The molecule has 3 N–H and O–H groups in total. The average Bonchev–Trinajstić information content (AvgIpc) is 2.81. The number of nitrogens with one attached hydrogen (secondary N) is 2. The van der Waals surface area contributed by atoms with Crippen molar-refractivity contribution in [2.75, 3.05) is 33.2 Å². The molecule has 10 heteroatoms. The Morgan fingerprint density at radius 2 is 1.67 bits per heavy atom. The monoisotopic (exact) mass is 502 g/mol. The van der Waals surface area contributed by atoms with E-state index in [1.807, 2.05) is 18.2 Å². The summed E-state index contributed by atoms with van der Waals surface area (Å²) in [5.41, 5.74) is 2.50.